The Bertz CT molecular complexity index is 789. The Balaban J connectivity index is 1.80. The zero-order chi connectivity index (χ0) is 21.6. The van der Waals surface area contributed by atoms with E-state index in [4.69, 9.17) is 9.47 Å². The number of amides is 1. The van der Waals surface area contributed by atoms with Crippen molar-refractivity contribution in [1.29, 1.82) is 0 Å². The Morgan fingerprint density at radius 1 is 1.07 bits per heavy atom. The fraction of sp³-hybridized carbons (Fsp3) is 0.600. The van der Waals surface area contributed by atoms with Crippen molar-refractivity contribution in [3.05, 3.63) is 35.1 Å². The maximum Gasteiger partial charge on any atom is 0.416 e. The van der Waals surface area contributed by atoms with E-state index in [0.29, 0.717) is 12.1 Å². The lowest BCUT2D eigenvalue weighted by atomic mass is 9.80. The minimum Gasteiger partial charge on any atom is -0.444 e. The molecule has 29 heavy (non-hydrogen) atoms. The summed E-state index contributed by atoms with van der Waals surface area (Å²) in [7, 11) is 0. The molecular weight excluding hydrogens is 394 g/mol. The first kappa shape index (κ1) is 21.5. The van der Waals surface area contributed by atoms with Gasteiger partial charge in [0.2, 0.25) is 0 Å². The Labute approximate surface area is 166 Å². The number of hydrogen-bond acceptors (Lipinski definition) is 4. The summed E-state index contributed by atoms with van der Waals surface area (Å²) >= 11 is 0. The number of benzene rings is 1. The molecule has 0 aliphatic carbocycles. The van der Waals surface area contributed by atoms with Gasteiger partial charge in [0.25, 0.3) is 0 Å². The van der Waals surface area contributed by atoms with Crippen molar-refractivity contribution in [2.45, 2.75) is 57.5 Å². The molecule has 1 aromatic rings. The monoisotopic (exact) mass is 417 g/mol. The molecule has 0 spiro atoms. The van der Waals surface area contributed by atoms with Crippen LogP contribution in [0.4, 0.5) is 22.4 Å². The van der Waals surface area contributed by atoms with Crippen molar-refractivity contribution in [2.24, 2.45) is 5.92 Å². The van der Waals surface area contributed by atoms with Crippen LogP contribution in [-0.2, 0) is 15.7 Å². The highest BCUT2D eigenvalue weighted by Gasteiger charge is 2.45. The number of piperidine rings is 1. The van der Waals surface area contributed by atoms with Crippen LogP contribution in [0.3, 0.4) is 0 Å². The highest BCUT2D eigenvalue weighted by atomic mass is 19.4. The zero-order valence-electron chi connectivity index (χ0n) is 16.4. The van der Waals surface area contributed by atoms with Gasteiger partial charge >= 0.3 is 12.3 Å². The van der Waals surface area contributed by atoms with Crippen LogP contribution >= 0.6 is 0 Å². The lowest BCUT2D eigenvalue weighted by molar-refractivity contribution is -0.137. The number of ketones is 1. The average Bonchev–Trinajstić information content (AvgIpc) is 2.57. The summed E-state index contributed by atoms with van der Waals surface area (Å²) in [4.78, 5) is 27.0. The van der Waals surface area contributed by atoms with Crippen molar-refractivity contribution in [3.63, 3.8) is 0 Å². The van der Waals surface area contributed by atoms with E-state index in [9.17, 15) is 27.2 Å². The van der Waals surface area contributed by atoms with Crippen LogP contribution in [-0.4, -0.2) is 47.7 Å². The van der Waals surface area contributed by atoms with Crippen LogP contribution in [0.5, 0.6) is 0 Å². The smallest absolute Gasteiger partial charge is 0.416 e. The molecule has 5 nitrogen and oxygen atoms in total. The summed E-state index contributed by atoms with van der Waals surface area (Å²) in [5.74, 6) is -2.30. The number of Topliss-reactive ketones (excluding diaryl/α,β-unsaturated/α-hetero) is 1. The van der Waals surface area contributed by atoms with Gasteiger partial charge in [0.05, 0.1) is 30.9 Å². The Kier molecular flexibility index (Phi) is 5.64. The predicted octanol–water partition coefficient (Wildman–Crippen LogP) is 4.44. The van der Waals surface area contributed by atoms with E-state index >= 15 is 0 Å². The highest BCUT2D eigenvalue weighted by molar-refractivity contribution is 5.98. The van der Waals surface area contributed by atoms with Crippen molar-refractivity contribution >= 4 is 11.9 Å². The van der Waals surface area contributed by atoms with Crippen molar-refractivity contribution in [1.82, 2.24) is 4.90 Å². The van der Waals surface area contributed by atoms with Gasteiger partial charge in [-0.1, -0.05) is 0 Å². The molecule has 0 radical (unpaired) electrons. The predicted molar refractivity (Wildman–Crippen MR) is 94.9 cm³/mol. The summed E-state index contributed by atoms with van der Waals surface area (Å²) in [5.41, 5.74) is -2.20. The summed E-state index contributed by atoms with van der Waals surface area (Å²) in [6, 6.07) is 1.01. The number of rotatable bonds is 2. The number of morpholine rings is 1. The number of hydrogen-bond donors (Lipinski definition) is 0. The first-order valence-electron chi connectivity index (χ1n) is 9.36. The van der Waals surface area contributed by atoms with E-state index in [1.807, 2.05) is 0 Å². The number of fused-ring (bicyclic) bond motifs is 2. The molecule has 160 valence electrons. The third-order valence-corrected chi connectivity index (χ3v) is 5.01. The third-order valence-electron chi connectivity index (χ3n) is 5.01. The largest absolute Gasteiger partial charge is 0.444 e. The van der Waals surface area contributed by atoms with E-state index < -0.39 is 53.0 Å². The number of carbonyl (C=O) groups excluding carboxylic acids is 2. The number of alkyl halides is 3. The summed E-state index contributed by atoms with van der Waals surface area (Å²) in [6.07, 6.45) is -4.83. The summed E-state index contributed by atoms with van der Waals surface area (Å²) in [5, 5.41) is 0. The van der Waals surface area contributed by atoms with Crippen molar-refractivity contribution < 1.29 is 36.6 Å². The van der Waals surface area contributed by atoms with Gasteiger partial charge in [-0.05, 0) is 51.8 Å². The minimum atomic E-state index is -4.75. The van der Waals surface area contributed by atoms with Gasteiger partial charge in [-0.2, -0.15) is 13.2 Å². The van der Waals surface area contributed by atoms with E-state index in [1.165, 1.54) is 0 Å². The molecule has 0 saturated carbocycles. The normalized spacial score (nSPS) is 24.9. The molecule has 1 amide bonds. The van der Waals surface area contributed by atoms with Gasteiger partial charge in [0.15, 0.2) is 5.78 Å². The second-order valence-corrected chi connectivity index (χ2v) is 8.49. The lowest BCUT2D eigenvalue weighted by Gasteiger charge is -2.47. The van der Waals surface area contributed by atoms with Crippen LogP contribution < -0.4 is 0 Å². The van der Waals surface area contributed by atoms with Crippen LogP contribution in [0.2, 0.25) is 0 Å². The van der Waals surface area contributed by atoms with E-state index in [0.717, 1.165) is 6.07 Å². The average molecular weight is 417 g/mol. The van der Waals surface area contributed by atoms with Crippen molar-refractivity contribution in [3.8, 4) is 0 Å². The molecule has 2 bridgehead atoms. The van der Waals surface area contributed by atoms with Gasteiger partial charge in [-0.3, -0.25) is 9.69 Å². The van der Waals surface area contributed by atoms with Crippen LogP contribution in [0.25, 0.3) is 0 Å². The van der Waals surface area contributed by atoms with Gasteiger partial charge in [-0.25, -0.2) is 9.18 Å². The lowest BCUT2D eigenvalue weighted by Crippen LogP contribution is -2.60. The van der Waals surface area contributed by atoms with Gasteiger partial charge in [0, 0.05) is 11.5 Å². The fourth-order valence-corrected chi connectivity index (χ4v) is 3.87. The molecule has 2 unspecified atom stereocenters. The van der Waals surface area contributed by atoms with Crippen molar-refractivity contribution in [2.75, 3.05) is 13.2 Å². The Morgan fingerprint density at radius 2 is 1.66 bits per heavy atom. The number of ether oxygens (including phenoxy) is 2. The summed E-state index contributed by atoms with van der Waals surface area (Å²) < 4.78 is 63.5. The van der Waals surface area contributed by atoms with E-state index in [1.54, 1.807) is 25.7 Å². The van der Waals surface area contributed by atoms with E-state index in [2.05, 4.69) is 0 Å². The van der Waals surface area contributed by atoms with Gasteiger partial charge in [-0.15, -0.1) is 0 Å². The van der Waals surface area contributed by atoms with Gasteiger partial charge in [0.1, 0.15) is 11.4 Å². The SMILES string of the molecule is CC(C)(C)OC(=O)N1C2COCC1CC(C(=O)c1cc(F)cc(C(F)(F)F)c1)C2. The molecule has 1 aromatic carbocycles. The first-order valence-corrected chi connectivity index (χ1v) is 9.36. The zero-order valence-corrected chi connectivity index (χ0v) is 16.4. The second kappa shape index (κ2) is 7.59. The molecule has 3 rings (SSSR count). The van der Waals surface area contributed by atoms with Crippen LogP contribution in [0, 0.1) is 11.7 Å². The molecule has 0 aromatic heterocycles. The maximum atomic E-state index is 13.7. The molecule has 2 atom stereocenters. The number of halogens is 4. The fourth-order valence-electron chi connectivity index (χ4n) is 3.87. The Morgan fingerprint density at radius 3 is 2.17 bits per heavy atom. The molecule has 0 N–H and O–H groups in total. The van der Waals surface area contributed by atoms with Crippen LogP contribution in [0.1, 0.15) is 49.5 Å². The van der Waals surface area contributed by atoms with Crippen LogP contribution in [0.15, 0.2) is 18.2 Å². The maximum absolute atomic E-state index is 13.7. The highest BCUT2D eigenvalue weighted by Crippen LogP contribution is 2.36. The molecular formula is C20H23F4NO4. The molecule has 2 aliphatic rings. The topological polar surface area (TPSA) is 55.8 Å². The van der Waals surface area contributed by atoms with Gasteiger partial charge < -0.3 is 9.47 Å². The quantitative estimate of drug-likeness (QED) is 0.527. The number of carbonyl (C=O) groups is 2. The second-order valence-electron chi connectivity index (χ2n) is 8.49. The minimum absolute atomic E-state index is 0.205. The number of nitrogens with zero attached hydrogens (tertiary/aromatic N) is 1. The Hall–Kier alpha value is -2.16. The molecule has 2 heterocycles. The molecule has 9 heteroatoms. The molecule has 2 fully saturated rings. The molecule has 2 saturated heterocycles. The third kappa shape index (κ3) is 4.88. The standard InChI is InChI=1S/C20H23F4NO4/c1-19(2,3)29-18(27)25-15-6-12(7-16(25)10-28-9-15)17(26)11-4-13(20(22,23)24)8-14(21)5-11/h4-5,8,12,15-16H,6-7,9-10H2,1-3H3. The molecule has 2 aliphatic heterocycles. The van der Waals surface area contributed by atoms with E-state index in [-0.39, 0.29) is 31.6 Å². The summed E-state index contributed by atoms with van der Waals surface area (Å²) in [6.45, 7) is 5.65. The first-order chi connectivity index (χ1) is 13.3.